The molecule has 0 bridgehead atoms. The summed E-state index contributed by atoms with van der Waals surface area (Å²) < 4.78 is 39.9. The summed E-state index contributed by atoms with van der Waals surface area (Å²) in [4.78, 5) is 10.9. The number of benzene rings is 1. The SMILES string of the molecule is CC(C)(C)c1cccc([N+]2=C=Nc3cnc(C(F)(F)F)nc32)c1. The van der Waals surface area contributed by atoms with Gasteiger partial charge in [-0.25, -0.2) is 4.98 Å². The van der Waals surface area contributed by atoms with E-state index in [9.17, 15) is 13.2 Å². The molecule has 0 saturated carbocycles. The van der Waals surface area contributed by atoms with Crippen LogP contribution in [0.5, 0.6) is 0 Å². The molecule has 0 N–H and O–H groups in total. The number of aliphatic imine (C=N–C) groups is 1. The maximum atomic E-state index is 12.8. The molecule has 1 aliphatic heterocycles. The monoisotopic (exact) mass is 319 g/mol. The minimum Gasteiger partial charge on any atom is -0.214 e. The van der Waals surface area contributed by atoms with Gasteiger partial charge < -0.3 is 0 Å². The lowest BCUT2D eigenvalue weighted by atomic mass is 9.87. The molecule has 3 rings (SSSR count). The summed E-state index contributed by atoms with van der Waals surface area (Å²) in [7, 11) is 0. The molecule has 0 radical (unpaired) electrons. The lowest BCUT2D eigenvalue weighted by Gasteiger charge is -2.19. The third kappa shape index (κ3) is 2.87. The quantitative estimate of drug-likeness (QED) is 0.622. The van der Waals surface area contributed by atoms with E-state index in [4.69, 9.17) is 0 Å². The fourth-order valence-corrected chi connectivity index (χ4v) is 2.19. The van der Waals surface area contributed by atoms with Gasteiger partial charge in [0, 0.05) is 0 Å². The highest BCUT2D eigenvalue weighted by atomic mass is 19.4. The summed E-state index contributed by atoms with van der Waals surface area (Å²) in [6.45, 7) is 6.18. The predicted molar refractivity (Wildman–Crippen MR) is 80.7 cm³/mol. The highest BCUT2D eigenvalue weighted by molar-refractivity contribution is 5.77. The van der Waals surface area contributed by atoms with Crippen molar-refractivity contribution in [3.63, 3.8) is 0 Å². The highest BCUT2D eigenvalue weighted by Crippen LogP contribution is 2.35. The Morgan fingerprint density at radius 1 is 1.13 bits per heavy atom. The number of halogens is 3. The van der Waals surface area contributed by atoms with Gasteiger partial charge in [-0.05, 0) is 28.1 Å². The van der Waals surface area contributed by atoms with Crippen molar-refractivity contribution in [3.05, 3.63) is 41.9 Å². The molecule has 118 valence electrons. The first-order valence-electron chi connectivity index (χ1n) is 6.97. The van der Waals surface area contributed by atoms with Crippen molar-refractivity contribution in [1.82, 2.24) is 14.5 Å². The summed E-state index contributed by atoms with van der Waals surface area (Å²) in [6, 6.07) is 10.2. The lowest BCUT2D eigenvalue weighted by Crippen LogP contribution is -2.14. The van der Waals surface area contributed by atoms with Crippen molar-refractivity contribution in [2.45, 2.75) is 32.4 Å². The molecule has 0 amide bonds. The fourth-order valence-electron chi connectivity index (χ4n) is 2.19. The van der Waals surface area contributed by atoms with Gasteiger partial charge in [-0.2, -0.15) is 17.7 Å². The van der Waals surface area contributed by atoms with Crippen LogP contribution in [0.3, 0.4) is 0 Å². The number of rotatable bonds is 1. The van der Waals surface area contributed by atoms with Gasteiger partial charge in [-0.1, -0.05) is 37.9 Å². The normalized spacial score (nSPS) is 13.9. The van der Waals surface area contributed by atoms with Gasteiger partial charge in [-0.15, -0.1) is 0 Å². The second-order valence-corrected chi connectivity index (χ2v) is 6.25. The zero-order chi connectivity index (χ0) is 16.8. The Bertz CT molecular complexity index is 841. The van der Waals surface area contributed by atoms with Crippen molar-refractivity contribution >= 4 is 23.2 Å². The maximum Gasteiger partial charge on any atom is 0.468 e. The van der Waals surface area contributed by atoms with Gasteiger partial charge in [-0.3, -0.25) is 0 Å². The Morgan fingerprint density at radius 3 is 2.52 bits per heavy atom. The van der Waals surface area contributed by atoms with E-state index in [1.165, 1.54) is 4.58 Å². The number of hydrogen-bond acceptors (Lipinski definition) is 3. The molecule has 2 heterocycles. The van der Waals surface area contributed by atoms with E-state index in [1.807, 2.05) is 18.2 Å². The minimum atomic E-state index is -4.60. The molecule has 0 spiro atoms. The molecular weight excluding hydrogens is 305 g/mol. The predicted octanol–water partition coefficient (Wildman–Crippen LogP) is 4.45. The van der Waals surface area contributed by atoms with E-state index < -0.39 is 12.0 Å². The van der Waals surface area contributed by atoms with Crippen LogP contribution in [0, 0.1) is 0 Å². The topological polar surface area (TPSA) is 41.1 Å². The van der Waals surface area contributed by atoms with E-state index >= 15 is 0 Å². The number of aromatic nitrogens is 2. The van der Waals surface area contributed by atoms with Crippen LogP contribution in [0.4, 0.5) is 30.4 Å². The standard InChI is InChI=1S/C16H14F3N4/c1-15(2,3)10-5-4-6-11(7-10)23-9-21-12-8-20-14(16(17,18)19)22-13(12)23/h4-8H,1-3H3/q+1. The number of nitrogens with zero attached hydrogens (tertiary/aromatic N) is 4. The largest absolute Gasteiger partial charge is 0.468 e. The van der Waals surface area contributed by atoms with Crippen molar-refractivity contribution in [2.75, 3.05) is 0 Å². The van der Waals surface area contributed by atoms with Crippen molar-refractivity contribution in [2.24, 2.45) is 4.99 Å². The van der Waals surface area contributed by atoms with E-state index in [2.05, 4.69) is 41.7 Å². The van der Waals surface area contributed by atoms with Crippen LogP contribution in [0.15, 0.2) is 35.5 Å². The van der Waals surface area contributed by atoms with Crippen LogP contribution in [0.25, 0.3) is 0 Å². The third-order valence-corrected chi connectivity index (χ3v) is 3.46. The van der Waals surface area contributed by atoms with Gasteiger partial charge in [0.1, 0.15) is 5.69 Å². The summed E-state index contributed by atoms with van der Waals surface area (Å²) in [5.74, 6) is -1.11. The average molecular weight is 319 g/mol. The van der Waals surface area contributed by atoms with Crippen molar-refractivity contribution in [1.29, 1.82) is 0 Å². The molecule has 0 atom stereocenters. The molecule has 4 nitrogen and oxygen atoms in total. The Balaban J connectivity index is 2.08. The second-order valence-electron chi connectivity index (χ2n) is 6.25. The minimum absolute atomic E-state index is 0.0818. The van der Waals surface area contributed by atoms with Gasteiger partial charge in [0.25, 0.3) is 0 Å². The van der Waals surface area contributed by atoms with Crippen LogP contribution in [-0.2, 0) is 11.6 Å². The zero-order valence-corrected chi connectivity index (χ0v) is 12.8. The smallest absolute Gasteiger partial charge is 0.214 e. The van der Waals surface area contributed by atoms with Crippen LogP contribution in [0.1, 0.15) is 32.2 Å². The Hall–Kier alpha value is -2.53. The van der Waals surface area contributed by atoms with Gasteiger partial charge in [0.15, 0.2) is 0 Å². The average Bonchev–Trinajstić information content (AvgIpc) is 2.88. The van der Waals surface area contributed by atoms with E-state index in [0.717, 1.165) is 11.8 Å². The molecule has 0 fully saturated rings. The Labute approximate surface area is 131 Å². The number of fused-ring (bicyclic) bond motifs is 1. The molecule has 0 unspecified atom stereocenters. The van der Waals surface area contributed by atoms with E-state index in [-0.39, 0.29) is 16.9 Å². The Morgan fingerprint density at radius 2 is 1.87 bits per heavy atom. The molecule has 0 aliphatic carbocycles. The zero-order valence-electron chi connectivity index (χ0n) is 12.8. The highest BCUT2D eigenvalue weighted by Gasteiger charge is 2.40. The van der Waals surface area contributed by atoms with Crippen molar-refractivity contribution < 1.29 is 13.2 Å². The summed E-state index contributed by atoms with van der Waals surface area (Å²) in [6.07, 6.45) is -3.54. The maximum absolute atomic E-state index is 12.8. The summed E-state index contributed by atoms with van der Waals surface area (Å²) >= 11 is 0. The molecule has 7 heteroatoms. The molecule has 1 aliphatic rings. The molecule has 1 aromatic carbocycles. The first-order chi connectivity index (χ1) is 10.7. The Kier molecular flexibility index (Phi) is 3.34. The fraction of sp³-hybridized carbons (Fsp3) is 0.312. The summed E-state index contributed by atoms with van der Waals surface area (Å²) in [5, 5.41) is 0. The van der Waals surface area contributed by atoms with Gasteiger partial charge in [0.05, 0.1) is 6.20 Å². The van der Waals surface area contributed by atoms with E-state index in [0.29, 0.717) is 5.69 Å². The molecule has 1 aromatic heterocycles. The molecular formula is C16H14F3N4+. The second kappa shape index (κ2) is 4.99. The molecule has 23 heavy (non-hydrogen) atoms. The first kappa shape index (κ1) is 15.4. The molecule has 0 saturated heterocycles. The first-order valence-corrected chi connectivity index (χ1v) is 6.97. The third-order valence-electron chi connectivity index (χ3n) is 3.46. The summed E-state index contributed by atoms with van der Waals surface area (Å²) in [5.41, 5.74) is 1.89. The van der Waals surface area contributed by atoms with Crippen molar-refractivity contribution in [3.8, 4) is 0 Å². The number of alkyl halides is 3. The van der Waals surface area contributed by atoms with Gasteiger partial charge in [0.2, 0.25) is 11.7 Å². The van der Waals surface area contributed by atoms with Crippen LogP contribution in [0.2, 0.25) is 0 Å². The van der Waals surface area contributed by atoms with E-state index in [1.54, 1.807) is 6.07 Å². The van der Waals surface area contributed by atoms with Crippen LogP contribution >= 0.6 is 0 Å². The lowest BCUT2D eigenvalue weighted by molar-refractivity contribution is -0.144. The van der Waals surface area contributed by atoms with Crippen LogP contribution in [-0.4, -0.2) is 16.0 Å². The van der Waals surface area contributed by atoms with Gasteiger partial charge >= 0.3 is 17.8 Å². The number of hydrogen-bond donors (Lipinski definition) is 0. The van der Waals surface area contributed by atoms with Crippen LogP contribution < -0.4 is 4.58 Å². The molecule has 2 aromatic rings.